The van der Waals surface area contributed by atoms with Gasteiger partial charge in [0.25, 0.3) is 0 Å². The van der Waals surface area contributed by atoms with Gasteiger partial charge >= 0.3 is 308 Å². The standard InChI is InChI=1S/2C18H15P.2C6H5.Pt/c2*1-4-10-16(11-5-1)19(17-12-6-2-7-13-17)18-14-8-3-9-15-18;2*1-2-4-6-5-3-1;/h2*1-15H;2*1-5H;/q;;;;-2/p+2. The van der Waals surface area contributed by atoms with E-state index < -0.39 is 25.8 Å². The Morgan fingerprint density at radius 2 is 0.353 bits per heavy atom. The molecule has 8 aromatic carbocycles. The second-order valence-corrected chi connectivity index (χ2v) is 44.9. The molecule has 0 aliphatic rings. The van der Waals surface area contributed by atoms with Gasteiger partial charge in [-0.2, -0.15) is 0 Å². The molecule has 0 saturated heterocycles. The molecule has 0 N–H and O–H groups in total. The SMILES string of the molecule is c1ccc([PH](c2ccccc2)(c2ccccc2)[Pt]([c]2ccccc2)([c]2ccccc2)[PH](c2ccccc2)(c2ccccc2)c2ccccc2)cc1. The summed E-state index contributed by atoms with van der Waals surface area (Å²) in [6.45, 7) is 0. The fourth-order valence-corrected chi connectivity index (χ4v) is 86.3. The fourth-order valence-electron chi connectivity index (χ4n) is 7.72. The first-order valence-electron chi connectivity index (χ1n) is 17.4. The summed E-state index contributed by atoms with van der Waals surface area (Å²) >= 11 is -4.08. The summed E-state index contributed by atoms with van der Waals surface area (Å²) < 4.78 is 3.03. The minimum absolute atomic E-state index is 1.46. The first kappa shape index (κ1) is 33.5. The number of hydrogen-bond donors (Lipinski definition) is 0. The molecule has 0 amide bonds. The third kappa shape index (κ3) is 5.41. The molecule has 0 bridgehead atoms. The topological polar surface area (TPSA) is 0 Å². The van der Waals surface area contributed by atoms with E-state index in [-0.39, 0.29) is 0 Å². The summed E-state index contributed by atoms with van der Waals surface area (Å²) in [4.78, 5) is 0. The summed E-state index contributed by atoms with van der Waals surface area (Å²) in [6, 6.07) is 93.8. The first-order valence-corrected chi connectivity index (χ1v) is 30.1. The van der Waals surface area contributed by atoms with Crippen LogP contribution in [0.1, 0.15) is 0 Å². The Morgan fingerprint density at radius 3 is 0.529 bits per heavy atom. The average molecular weight is 876 g/mol. The van der Waals surface area contributed by atoms with Crippen LogP contribution in [-0.4, -0.2) is 0 Å². The maximum atomic E-state index is 2.51. The van der Waals surface area contributed by atoms with Crippen LogP contribution in [0.15, 0.2) is 243 Å². The van der Waals surface area contributed by atoms with Crippen LogP contribution in [0.4, 0.5) is 0 Å². The van der Waals surface area contributed by atoms with E-state index in [2.05, 4.69) is 243 Å². The van der Waals surface area contributed by atoms with Gasteiger partial charge in [-0.05, 0) is 0 Å². The molecular weight excluding hydrogens is 834 g/mol. The van der Waals surface area contributed by atoms with E-state index >= 15 is 0 Å². The molecule has 0 nitrogen and oxygen atoms in total. The molecule has 0 atom stereocenters. The quantitative estimate of drug-likeness (QED) is 0.122. The zero-order chi connectivity index (χ0) is 34.4. The maximum absolute atomic E-state index is 4.08. The summed E-state index contributed by atoms with van der Waals surface area (Å²) in [5, 5.41) is 2.53. The zero-order valence-electron chi connectivity index (χ0n) is 28.4. The molecule has 0 heterocycles. The molecule has 254 valence electrons. The van der Waals surface area contributed by atoms with Crippen LogP contribution < -0.4 is 39.7 Å². The second-order valence-electron chi connectivity index (χ2n) is 12.4. The third-order valence-corrected chi connectivity index (χ3v) is 67.8. The summed E-state index contributed by atoms with van der Waals surface area (Å²) in [7, 11) is 0. The Balaban J connectivity index is 1.79. The van der Waals surface area contributed by atoms with Crippen molar-refractivity contribution >= 4 is 50.4 Å². The Labute approximate surface area is 306 Å². The fraction of sp³-hybridized carbons (Fsp3) is 0. The summed E-state index contributed by atoms with van der Waals surface area (Å²) in [5.74, 6) is 0. The van der Waals surface area contributed by atoms with E-state index in [0.29, 0.717) is 0 Å². The van der Waals surface area contributed by atoms with Crippen LogP contribution in [0.25, 0.3) is 0 Å². The number of benzene rings is 8. The predicted octanol–water partition coefficient (Wildman–Crippen LogP) is 8.07. The average Bonchev–Trinajstić information content (AvgIpc) is 3.24. The van der Waals surface area contributed by atoms with E-state index in [1.807, 2.05) is 0 Å². The van der Waals surface area contributed by atoms with Crippen molar-refractivity contribution in [1.29, 1.82) is 0 Å². The van der Waals surface area contributed by atoms with Crippen LogP contribution in [0, 0.1) is 0 Å². The number of rotatable bonds is 10. The van der Waals surface area contributed by atoms with Crippen LogP contribution >= 0.6 is 10.7 Å². The molecule has 0 aliphatic carbocycles. The first-order chi connectivity index (χ1) is 25.3. The van der Waals surface area contributed by atoms with Gasteiger partial charge in [0.2, 0.25) is 0 Å². The monoisotopic (exact) mass is 875 g/mol. The van der Waals surface area contributed by atoms with Crippen molar-refractivity contribution < 1.29 is 15.0 Å². The van der Waals surface area contributed by atoms with Crippen molar-refractivity contribution in [2.24, 2.45) is 0 Å². The molecule has 8 rings (SSSR count). The minimum atomic E-state index is -4.08. The molecule has 0 aliphatic heterocycles. The summed E-state index contributed by atoms with van der Waals surface area (Å²) in [6.07, 6.45) is 0. The Hall–Kier alpha value is -4.69. The van der Waals surface area contributed by atoms with Gasteiger partial charge in [0.1, 0.15) is 0 Å². The molecule has 0 radical (unpaired) electrons. The second kappa shape index (κ2) is 14.9. The summed E-state index contributed by atoms with van der Waals surface area (Å²) in [5.41, 5.74) is 0. The van der Waals surface area contributed by atoms with Gasteiger partial charge < -0.3 is 0 Å². The predicted molar refractivity (Wildman–Crippen MR) is 225 cm³/mol. The molecule has 8 aromatic rings. The van der Waals surface area contributed by atoms with Gasteiger partial charge in [0, 0.05) is 0 Å². The van der Waals surface area contributed by atoms with E-state index in [0.717, 1.165) is 0 Å². The Morgan fingerprint density at radius 1 is 0.196 bits per heavy atom. The van der Waals surface area contributed by atoms with E-state index in [4.69, 9.17) is 0 Å². The van der Waals surface area contributed by atoms with Crippen molar-refractivity contribution in [2.45, 2.75) is 0 Å². The van der Waals surface area contributed by atoms with E-state index in [1.165, 1.54) is 39.7 Å². The Bertz CT molecular complexity index is 1910. The van der Waals surface area contributed by atoms with Crippen LogP contribution in [0.3, 0.4) is 0 Å². The van der Waals surface area contributed by atoms with Crippen molar-refractivity contribution in [3.63, 3.8) is 0 Å². The molecule has 3 heteroatoms. The third-order valence-electron chi connectivity index (χ3n) is 9.61. The van der Waals surface area contributed by atoms with Gasteiger partial charge in [-0.3, -0.25) is 0 Å². The molecular formula is C48H42P2Pt. The molecule has 0 aromatic heterocycles. The molecule has 0 spiro atoms. The van der Waals surface area contributed by atoms with E-state index in [9.17, 15) is 0 Å². The molecule has 0 unspecified atom stereocenters. The van der Waals surface area contributed by atoms with Crippen molar-refractivity contribution in [3.05, 3.63) is 243 Å². The normalized spacial score (nSPS) is 12.9. The van der Waals surface area contributed by atoms with Crippen LogP contribution in [0.5, 0.6) is 0 Å². The van der Waals surface area contributed by atoms with Gasteiger partial charge in [0.15, 0.2) is 0 Å². The zero-order valence-corrected chi connectivity index (χ0v) is 32.7. The molecule has 0 fully saturated rings. The van der Waals surface area contributed by atoms with Gasteiger partial charge in [-0.25, -0.2) is 0 Å². The van der Waals surface area contributed by atoms with Gasteiger partial charge in [0.05, 0.1) is 0 Å². The van der Waals surface area contributed by atoms with Gasteiger partial charge in [-0.1, -0.05) is 0 Å². The van der Waals surface area contributed by atoms with Crippen LogP contribution in [-0.2, 0) is 15.0 Å². The van der Waals surface area contributed by atoms with Gasteiger partial charge in [-0.15, -0.1) is 0 Å². The number of hydrogen-bond acceptors (Lipinski definition) is 0. The molecule has 51 heavy (non-hydrogen) atoms. The van der Waals surface area contributed by atoms with Crippen molar-refractivity contribution in [1.82, 2.24) is 0 Å². The van der Waals surface area contributed by atoms with E-state index in [1.54, 1.807) is 0 Å². The molecule has 0 saturated carbocycles. The van der Waals surface area contributed by atoms with Crippen LogP contribution in [0.2, 0.25) is 0 Å². The Kier molecular flexibility index (Phi) is 9.76. The van der Waals surface area contributed by atoms with Crippen molar-refractivity contribution in [2.75, 3.05) is 0 Å². The van der Waals surface area contributed by atoms with Crippen molar-refractivity contribution in [3.8, 4) is 0 Å².